The molecule has 1 aliphatic rings. The Morgan fingerprint density at radius 1 is 1.38 bits per heavy atom. The molecule has 0 unspecified atom stereocenters. The van der Waals surface area contributed by atoms with Crippen LogP contribution in [0.25, 0.3) is 0 Å². The van der Waals surface area contributed by atoms with Gasteiger partial charge in [0.25, 0.3) is 5.91 Å². The number of aromatic nitrogens is 1. The van der Waals surface area contributed by atoms with Gasteiger partial charge in [-0.05, 0) is 30.2 Å². The predicted octanol–water partition coefficient (Wildman–Crippen LogP) is 3.68. The number of amides is 1. The highest BCUT2D eigenvalue weighted by Gasteiger charge is 2.31. The molecular weight excluding hydrogens is 286 g/mol. The number of carbonyl (C=O) groups is 1. The molecule has 0 aromatic carbocycles. The number of carbonyl (C=O) groups excluding carboxylic acids is 1. The maximum absolute atomic E-state index is 12.6. The first-order chi connectivity index (χ1) is 9.82. The Morgan fingerprint density at radius 2 is 2.00 bits per heavy atom. The molecule has 5 heteroatoms. The van der Waals surface area contributed by atoms with E-state index in [0.717, 1.165) is 25.9 Å². The molecule has 2 heterocycles. The van der Waals surface area contributed by atoms with Crippen molar-refractivity contribution in [3.05, 3.63) is 22.8 Å². The fourth-order valence-corrected chi connectivity index (χ4v) is 3.04. The van der Waals surface area contributed by atoms with Crippen LogP contribution in [-0.2, 0) is 0 Å². The molecule has 0 spiro atoms. The second kappa shape index (κ2) is 6.22. The lowest BCUT2D eigenvalue weighted by Crippen LogP contribution is -2.41. The number of nitrogens with one attached hydrogen (secondary N) is 1. The summed E-state index contributed by atoms with van der Waals surface area (Å²) in [5.74, 6) is 1.33. The fraction of sp³-hybridized carbons (Fsp3) is 0.625. The van der Waals surface area contributed by atoms with Gasteiger partial charge in [0.05, 0.1) is 10.6 Å². The van der Waals surface area contributed by atoms with Crippen LogP contribution in [0.1, 0.15) is 44.0 Å². The van der Waals surface area contributed by atoms with Crippen LogP contribution in [0.5, 0.6) is 0 Å². The summed E-state index contributed by atoms with van der Waals surface area (Å²) in [4.78, 5) is 18.7. The molecule has 0 aliphatic carbocycles. The number of likely N-dealkylation sites (tertiary alicyclic amines) is 1. The van der Waals surface area contributed by atoms with Crippen molar-refractivity contribution in [2.75, 3.05) is 25.5 Å². The van der Waals surface area contributed by atoms with Crippen LogP contribution in [0.4, 0.5) is 5.82 Å². The van der Waals surface area contributed by atoms with Crippen LogP contribution in [0, 0.1) is 11.3 Å². The first-order valence-corrected chi connectivity index (χ1v) is 7.83. The first kappa shape index (κ1) is 16.1. The van der Waals surface area contributed by atoms with E-state index in [2.05, 4.69) is 31.1 Å². The van der Waals surface area contributed by atoms with Crippen LogP contribution < -0.4 is 5.32 Å². The molecule has 1 aliphatic heterocycles. The first-order valence-electron chi connectivity index (χ1n) is 7.45. The van der Waals surface area contributed by atoms with Gasteiger partial charge in [0.2, 0.25) is 0 Å². The molecule has 0 saturated carbocycles. The van der Waals surface area contributed by atoms with E-state index in [1.54, 1.807) is 13.1 Å². The van der Waals surface area contributed by atoms with Gasteiger partial charge in [0, 0.05) is 26.3 Å². The molecular formula is C16H24ClN3O. The monoisotopic (exact) mass is 309 g/mol. The third-order valence-corrected chi connectivity index (χ3v) is 4.65. The van der Waals surface area contributed by atoms with Gasteiger partial charge in [-0.1, -0.05) is 32.4 Å². The van der Waals surface area contributed by atoms with Gasteiger partial charge < -0.3 is 10.2 Å². The Hall–Kier alpha value is -1.29. The summed E-state index contributed by atoms with van der Waals surface area (Å²) in [6.07, 6.45) is 3.64. The molecule has 1 amide bonds. The number of halogens is 1. The van der Waals surface area contributed by atoms with E-state index in [0.29, 0.717) is 27.7 Å². The highest BCUT2D eigenvalue weighted by molar-refractivity contribution is 6.33. The fourth-order valence-electron chi connectivity index (χ4n) is 2.86. The second-order valence-electron chi connectivity index (χ2n) is 6.73. The lowest BCUT2D eigenvalue weighted by molar-refractivity contribution is 0.0609. The van der Waals surface area contributed by atoms with E-state index in [1.165, 1.54) is 6.20 Å². The summed E-state index contributed by atoms with van der Waals surface area (Å²) < 4.78 is 0. The van der Waals surface area contributed by atoms with E-state index in [1.807, 2.05) is 4.90 Å². The number of anilines is 1. The normalized spacial score (nSPS) is 16.9. The molecule has 4 nitrogen and oxygen atoms in total. The Balaban J connectivity index is 2.09. The number of rotatable bonds is 2. The van der Waals surface area contributed by atoms with Crippen molar-refractivity contribution in [2.24, 2.45) is 11.3 Å². The smallest absolute Gasteiger partial charge is 0.255 e. The van der Waals surface area contributed by atoms with Crippen LogP contribution in [0.3, 0.4) is 0 Å². The molecule has 2 rings (SSSR count). The number of hydrogen-bond donors (Lipinski definition) is 1. The van der Waals surface area contributed by atoms with E-state index >= 15 is 0 Å². The molecule has 1 aromatic heterocycles. The van der Waals surface area contributed by atoms with Gasteiger partial charge in [0.1, 0.15) is 5.82 Å². The number of piperidine rings is 1. The Morgan fingerprint density at radius 3 is 2.52 bits per heavy atom. The lowest BCUT2D eigenvalue weighted by atomic mass is 9.75. The molecule has 0 atom stereocenters. The lowest BCUT2D eigenvalue weighted by Gasteiger charge is -2.38. The third kappa shape index (κ3) is 3.67. The van der Waals surface area contributed by atoms with Crippen molar-refractivity contribution in [3.63, 3.8) is 0 Å². The molecule has 0 radical (unpaired) electrons. The van der Waals surface area contributed by atoms with E-state index in [4.69, 9.17) is 11.6 Å². The molecule has 1 saturated heterocycles. The molecule has 21 heavy (non-hydrogen) atoms. The molecule has 0 bridgehead atoms. The Bertz CT molecular complexity index is 517. The van der Waals surface area contributed by atoms with Crippen molar-refractivity contribution in [1.82, 2.24) is 9.88 Å². The number of nitrogens with zero attached hydrogens (tertiary/aromatic N) is 2. The predicted molar refractivity (Wildman–Crippen MR) is 86.9 cm³/mol. The van der Waals surface area contributed by atoms with Gasteiger partial charge in [-0.15, -0.1) is 0 Å². The topological polar surface area (TPSA) is 45.2 Å². The second-order valence-corrected chi connectivity index (χ2v) is 7.14. The summed E-state index contributed by atoms with van der Waals surface area (Å²) in [5.41, 5.74) is 0.841. The van der Waals surface area contributed by atoms with E-state index in [9.17, 15) is 4.79 Å². The van der Waals surface area contributed by atoms with Crippen molar-refractivity contribution in [2.45, 2.75) is 33.6 Å². The molecule has 1 fully saturated rings. The van der Waals surface area contributed by atoms with Gasteiger partial charge in [-0.3, -0.25) is 4.79 Å². The van der Waals surface area contributed by atoms with E-state index < -0.39 is 0 Å². The molecule has 1 N–H and O–H groups in total. The van der Waals surface area contributed by atoms with Crippen molar-refractivity contribution in [1.29, 1.82) is 0 Å². The number of hydrogen-bond acceptors (Lipinski definition) is 3. The largest absolute Gasteiger partial charge is 0.373 e. The highest BCUT2D eigenvalue weighted by Crippen LogP contribution is 2.34. The summed E-state index contributed by atoms with van der Waals surface area (Å²) >= 11 is 6.13. The minimum absolute atomic E-state index is 0.00580. The number of pyridine rings is 1. The Labute approximate surface area is 131 Å². The van der Waals surface area contributed by atoms with Crippen molar-refractivity contribution < 1.29 is 4.79 Å². The van der Waals surface area contributed by atoms with Crippen LogP contribution in [0.15, 0.2) is 12.3 Å². The van der Waals surface area contributed by atoms with Gasteiger partial charge in [0.15, 0.2) is 0 Å². The zero-order chi connectivity index (χ0) is 15.6. The average Bonchev–Trinajstić information content (AvgIpc) is 2.46. The van der Waals surface area contributed by atoms with Crippen LogP contribution in [0.2, 0.25) is 5.02 Å². The summed E-state index contributed by atoms with van der Waals surface area (Å²) in [5, 5.41) is 3.35. The maximum Gasteiger partial charge on any atom is 0.255 e. The zero-order valence-corrected chi connectivity index (χ0v) is 14.0. The van der Waals surface area contributed by atoms with Crippen LogP contribution >= 0.6 is 11.6 Å². The van der Waals surface area contributed by atoms with Crippen molar-refractivity contribution >= 4 is 23.3 Å². The summed E-state index contributed by atoms with van der Waals surface area (Å²) in [7, 11) is 1.78. The van der Waals surface area contributed by atoms with E-state index in [-0.39, 0.29) is 5.91 Å². The summed E-state index contributed by atoms with van der Waals surface area (Å²) in [6, 6.07) is 1.72. The average molecular weight is 310 g/mol. The van der Waals surface area contributed by atoms with Gasteiger partial charge in [-0.25, -0.2) is 4.98 Å². The SMILES string of the molecule is CNc1cc(C(=O)N2CCC(C(C)(C)C)CC2)c(Cl)cn1. The molecule has 1 aromatic rings. The quantitative estimate of drug-likeness (QED) is 0.906. The summed E-state index contributed by atoms with van der Waals surface area (Å²) in [6.45, 7) is 8.42. The minimum atomic E-state index is 0.00580. The van der Waals surface area contributed by atoms with Crippen LogP contribution in [-0.4, -0.2) is 35.9 Å². The van der Waals surface area contributed by atoms with Gasteiger partial charge >= 0.3 is 0 Å². The maximum atomic E-state index is 12.6. The third-order valence-electron chi connectivity index (χ3n) is 4.35. The standard InChI is InChI=1S/C16H24ClN3O/c1-16(2,3)11-5-7-20(8-6-11)15(21)12-9-14(18-4)19-10-13(12)17/h9-11H,5-8H2,1-4H3,(H,18,19). The minimum Gasteiger partial charge on any atom is -0.373 e. The highest BCUT2D eigenvalue weighted by atomic mass is 35.5. The van der Waals surface area contributed by atoms with Crippen molar-refractivity contribution in [3.8, 4) is 0 Å². The van der Waals surface area contributed by atoms with Gasteiger partial charge in [-0.2, -0.15) is 0 Å². The zero-order valence-electron chi connectivity index (χ0n) is 13.2. The Kier molecular flexibility index (Phi) is 4.77. The molecule has 116 valence electrons.